The number of nitrogen functional groups attached to an aromatic ring is 1. The van der Waals surface area contributed by atoms with Crippen molar-refractivity contribution >= 4 is 45.3 Å². The number of nitrogens with two attached hydrogens (primary N) is 1. The maximum atomic E-state index is 12.8. The van der Waals surface area contributed by atoms with Crippen LogP contribution in [0.5, 0.6) is 0 Å². The van der Waals surface area contributed by atoms with E-state index >= 15 is 0 Å². The van der Waals surface area contributed by atoms with Gasteiger partial charge in [-0.1, -0.05) is 17.7 Å². The number of aryl methyl sites for hydroxylation is 1. The number of piperazine rings is 1. The Labute approximate surface area is 184 Å². The van der Waals surface area contributed by atoms with Gasteiger partial charge in [-0.3, -0.25) is 9.69 Å². The quantitative estimate of drug-likeness (QED) is 0.529. The van der Waals surface area contributed by atoms with Gasteiger partial charge in [-0.25, -0.2) is 15.0 Å². The summed E-state index contributed by atoms with van der Waals surface area (Å²) in [7, 11) is 1.99. The normalized spacial score (nSPS) is 15.3. The minimum atomic E-state index is 0.107. The first-order chi connectivity index (χ1) is 15.0. The van der Waals surface area contributed by atoms with E-state index in [-0.39, 0.29) is 5.91 Å². The second kappa shape index (κ2) is 7.79. The van der Waals surface area contributed by atoms with Gasteiger partial charge in [0.1, 0.15) is 18.0 Å². The van der Waals surface area contributed by atoms with E-state index in [1.165, 1.54) is 6.33 Å². The Balaban J connectivity index is 1.27. The van der Waals surface area contributed by atoms with Gasteiger partial charge in [0.15, 0.2) is 0 Å². The first kappa shape index (κ1) is 19.7. The topological polar surface area (TPSA) is 93.2 Å². The van der Waals surface area contributed by atoms with E-state index < -0.39 is 0 Å². The number of halogens is 1. The summed E-state index contributed by atoms with van der Waals surface area (Å²) in [4.78, 5) is 29.8. The second-order valence-corrected chi connectivity index (χ2v) is 8.29. The van der Waals surface area contributed by atoms with E-state index in [4.69, 9.17) is 22.3 Å². The Morgan fingerprint density at radius 1 is 1.06 bits per heavy atom. The number of carbonyl (C=O) groups excluding carboxylic acids is 1. The maximum Gasteiger partial charge on any atom is 0.237 e. The molecule has 2 aromatic heterocycles. The highest BCUT2D eigenvalue weighted by Gasteiger charge is 2.25. The third kappa shape index (κ3) is 3.80. The van der Waals surface area contributed by atoms with Gasteiger partial charge in [-0.05, 0) is 35.9 Å². The molecule has 158 valence electrons. The molecule has 0 aliphatic carbocycles. The summed E-state index contributed by atoms with van der Waals surface area (Å²) in [5.74, 6) is 1.49. The molecule has 31 heavy (non-hydrogen) atoms. The molecular weight excluding hydrogens is 414 g/mol. The molecular formula is C22H22ClN7O. The number of hydrogen-bond donors (Lipinski definition) is 1. The predicted molar refractivity (Wildman–Crippen MR) is 120 cm³/mol. The van der Waals surface area contributed by atoms with Gasteiger partial charge < -0.3 is 15.2 Å². The molecule has 0 spiro atoms. The number of amides is 1. The molecule has 1 aliphatic rings. The first-order valence-electron chi connectivity index (χ1n) is 10.1. The van der Waals surface area contributed by atoms with Crippen LogP contribution in [0.15, 0.2) is 42.7 Å². The monoisotopic (exact) mass is 435 g/mol. The molecule has 0 unspecified atom stereocenters. The zero-order chi connectivity index (χ0) is 21.5. The summed E-state index contributed by atoms with van der Waals surface area (Å²) in [5, 5.41) is 1.50. The van der Waals surface area contributed by atoms with E-state index in [2.05, 4.69) is 19.4 Å². The van der Waals surface area contributed by atoms with Gasteiger partial charge in [-0.2, -0.15) is 0 Å². The molecule has 1 amide bonds. The smallest absolute Gasteiger partial charge is 0.237 e. The number of aromatic nitrogens is 4. The summed E-state index contributed by atoms with van der Waals surface area (Å²) < 4.78 is 2.06. The molecule has 1 saturated heterocycles. The van der Waals surface area contributed by atoms with Crippen molar-refractivity contribution in [3.05, 3.63) is 59.1 Å². The Kier molecular flexibility index (Phi) is 4.95. The number of nitrogens with zero attached hydrogens (tertiary/aromatic N) is 6. The average Bonchev–Trinajstić information content (AvgIpc) is 3.04. The largest absolute Gasteiger partial charge is 0.383 e. The van der Waals surface area contributed by atoms with E-state index in [1.807, 2.05) is 48.3 Å². The highest BCUT2D eigenvalue weighted by Crippen LogP contribution is 2.22. The SMILES string of the molecule is Cn1c(CN2CCN(Cc3ccc4c(N)ncnc4c3)C(=O)C2)nc2cc(Cl)ccc21. The summed E-state index contributed by atoms with van der Waals surface area (Å²) in [6.45, 7) is 3.00. The molecule has 5 rings (SSSR count). The lowest BCUT2D eigenvalue weighted by atomic mass is 10.1. The van der Waals surface area contributed by atoms with Crippen molar-refractivity contribution in [3.8, 4) is 0 Å². The first-order valence-corrected chi connectivity index (χ1v) is 10.5. The molecule has 4 aromatic rings. The molecule has 0 atom stereocenters. The molecule has 2 N–H and O–H groups in total. The molecule has 8 nitrogen and oxygen atoms in total. The van der Waals surface area contributed by atoms with Crippen LogP contribution in [-0.2, 0) is 24.9 Å². The van der Waals surface area contributed by atoms with Gasteiger partial charge >= 0.3 is 0 Å². The maximum absolute atomic E-state index is 12.8. The van der Waals surface area contributed by atoms with Crippen LogP contribution in [0.1, 0.15) is 11.4 Å². The summed E-state index contributed by atoms with van der Waals surface area (Å²) >= 11 is 6.09. The number of rotatable bonds is 4. The number of imidazole rings is 1. The standard InChI is InChI=1S/C22H22ClN7O/c1-28-19-5-3-15(23)9-18(19)27-20(28)11-29-6-7-30(21(31)12-29)10-14-2-4-16-17(8-14)25-13-26-22(16)24/h2-5,8-9,13H,6-7,10-12H2,1H3,(H2,24,25,26). The van der Waals surface area contributed by atoms with Crippen molar-refractivity contribution in [3.63, 3.8) is 0 Å². The molecule has 9 heteroatoms. The fraction of sp³-hybridized carbons (Fsp3) is 0.273. The number of anilines is 1. The number of hydrogen-bond acceptors (Lipinski definition) is 6. The third-order valence-corrected chi connectivity index (χ3v) is 6.04. The van der Waals surface area contributed by atoms with Crippen LogP contribution >= 0.6 is 11.6 Å². The van der Waals surface area contributed by atoms with Crippen LogP contribution in [-0.4, -0.2) is 54.9 Å². The van der Waals surface area contributed by atoms with Crippen LogP contribution < -0.4 is 5.73 Å². The molecule has 0 saturated carbocycles. The Hall–Kier alpha value is -3.23. The number of fused-ring (bicyclic) bond motifs is 2. The van der Waals surface area contributed by atoms with Crippen LogP contribution in [0.3, 0.4) is 0 Å². The zero-order valence-electron chi connectivity index (χ0n) is 17.1. The lowest BCUT2D eigenvalue weighted by Gasteiger charge is -2.34. The predicted octanol–water partition coefficient (Wildman–Crippen LogP) is 2.60. The minimum absolute atomic E-state index is 0.107. The Morgan fingerprint density at radius 2 is 1.94 bits per heavy atom. The van der Waals surface area contributed by atoms with Crippen molar-refractivity contribution < 1.29 is 4.79 Å². The lowest BCUT2D eigenvalue weighted by Crippen LogP contribution is -2.49. The fourth-order valence-corrected chi connectivity index (χ4v) is 4.23. The van der Waals surface area contributed by atoms with Gasteiger partial charge in [0, 0.05) is 37.1 Å². The van der Waals surface area contributed by atoms with E-state index in [1.54, 1.807) is 0 Å². The second-order valence-electron chi connectivity index (χ2n) is 7.86. The van der Waals surface area contributed by atoms with Gasteiger partial charge in [0.2, 0.25) is 5.91 Å². The molecule has 0 bridgehead atoms. The van der Waals surface area contributed by atoms with Crippen molar-refractivity contribution in [1.82, 2.24) is 29.3 Å². The van der Waals surface area contributed by atoms with Gasteiger partial charge in [-0.15, -0.1) is 0 Å². The van der Waals surface area contributed by atoms with Gasteiger partial charge in [0.05, 0.1) is 29.6 Å². The average molecular weight is 436 g/mol. The van der Waals surface area contributed by atoms with E-state index in [0.717, 1.165) is 39.9 Å². The number of carbonyl (C=O) groups is 1. The molecule has 3 heterocycles. The van der Waals surface area contributed by atoms with Crippen molar-refractivity contribution in [2.75, 3.05) is 25.4 Å². The lowest BCUT2D eigenvalue weighted by molar-refractivity contribution is -0.136. The Morgan fingerprint density at radius 3 is 2.77 bits per heavy atom. The van der Waals surface area contributed by atoms with Crippen molar-refractivity contribution in [2.24, 2.45) is 7.05 Å². The zero-order valence-corrected chi connectivity index (χ0v) is 17.9. The molecule has 1 fully saturated rings. The molecule has 1 aliphatic heterocycles. The van der Waals surface area contributed by atoms with Crippen molar-refractivity contribution in [1.29, 1.82) is 0 Å². The minimum Gasteiger partial charge on any atom is -0.383 e. The summed E-state index contributed by atoms with van der Waals surface area (Å²) in [5.41, 5.74) is 9.62. The van der Waals surface area contributed by atoms with E-state index in [9.17, 15) is 4.79 Å². The highest BCUT2D eigenvalue weighted by molar-refractivity contribution is 6.31. The van der Waals surface area contributed by atoms with Gasteiger partial charge in [0.25, 0.3) is 0 Å². The fourth-order valence-electron chi connectivity index (χ4n) is 4.07. The van der Waals surface area contributed by atoms with Crippen LogP contribution in [0.2, 0.25) is 5.02 Å². The summed E-state index contributed by atoms with van der Waals surface area (Å²) in [6.07, 6.45) is 1.46. The highest BCUT2D eigenvalue weighted by atomic mass is 35.5. The van der Waals surface area contributed by atoms with E-state index in [0.29, 0.717) is 37.0 Å². The Bertz CT molecular complexity index is 1300. The summed E-state index contributed by atoms with van der Waals surface area (Å²) in [6, 6.07) is 11.6. The van der Waals surface area contributed by atoms with Crippen LogP contribution in [0.25, 0.3) is 21.9 Å². The molecule has 2 aromatic carbocycles. The van der Waals surface area contributed by atoms with Crippen molar-refractivity contribution in [2.45, 2.75) is 13.1 Å². The van der Waals surface area contributed by atoms with Crippen LogP contribution in [0.4, 0.5) is 5.82 Å². The number of benzene rings is 2. The molecule has 0 radical (unpaired) electrons. The van der Waals surface area contributed by atoms with Crippen LogP contribution in [0, 0.1) is 0 Å². The third-order valence-electron chi connectivity index (χ3n) is 5.80.